The zero-order chi connectivity index (χ0) is 31.1. The first kappa shape index (κ1) is 32.2. The molecule has 0 bridgehead atoms. The topological polar surface area (TPSA) is 130 Å². The Hall–Kier alpha value is -3.67. The summed E-state index contributed by atoms with van der Waals surface area (Å²) < 4.78 is 28.6. The van der Waals surface area contributed by atoms with Crippen LogP contribution in [-0.4, -0.2) is 48.7 Å². The van der Waals surface area contributed by atoms with Crippen LogP contribution in [0.3, 0.4) is 0 Å². The van der Waals surface area contributed by atoms with Crippen LogP contribution >= 0.6 is 23.2 Å². The molecule has 0 unspecified atom stereocenters. The fourth-order valence-electron chi connectivity index (χ4n) is 4.99. The Labute approximate surface area is 260 Å². The molecule has 0 aromatic heterocycles. The highest BCUT2D eigenvalue weighted by atomic mass is 35.5. The Kier molecular flexibility index (Phi) is 10.6. The molecule has 1 aliphatic carbocycles. The molecule has 0 radical (unpaired) electrons. The maximum atomic E-state index is 14.1. The first-order valence-electron chi connectivity index (χ1n) is 13.8. The SMILES string of the molecule is C[C@@H](C(=O)NC1CCCCC1)N(Cc1c(Cl)cccc1Cl)C(=O)CN(c1ccc([N+](=O)[O-])cc1)S(=O)(=O)c1ccccc1. The molecule has 1 fully saturated rings. The number of nitrogens with zero attached hydrogens (tertiary/aromatic N) is 3. The molecule has 1 N–H and O–H groups in total. The van der Waals surface area contributed by atoms with E-state index in [0.29, 0.717) is 5.56 Å². The Balaban J connectivity index is 1.71. The van der Waals surface area contributed by atoms with Crippen LogP contribution < -0.4 is 9.62 Å². The number of hydrogen-bond donors (Lipinski definition) is 1. The minimum atomic E-state index is -4.31. The standard InChI is InChI=1S/C30H32Cl2N4O6S/c1-21(30(38)33-22-9-4-2-5-10-22)34(19-26-27(31)13-8-14-28(26)32)29(37)20-35(23-15-17-24(18-16-23)36(39)40)43(41,42)25-11-6-3-7-12-25/h3,6-8,11-18,21-22H,2,4-5,9-10,19-20H2,1H3,(H,33,38)/t21-/m0/s1. The average molecular weight is 648 g/mol. The number of hydrogen-bond acceptors (Lipinski definition) is 6. The fraction of sp³-hybridized carbons (Fsp3) is 0.333. The monoisotopic (exact) mass is 646 g/mol. The van der Waals surface area contributed by atoms with E-state index < -0.39 is 33.4 Å². The van der Waals surface area contributed by atoms with Crippen molar-refractivity contribution < 1.29 is 22.9 Å². The van der Waals surface area contributed by atoms with Gasteiger partial charge < -0.3 is 10.2 Å². The van der Waals surface area contributed by atoms with Crippen molar-refractivity contribution in [2.45, 2.75) is 62.6 Å². The van der Waals surface area contributed by atoms with Gasteiger partial charge in [-0.1, -0.05) is 66.7 Å². The summed E-state index contributed by atoms with van der Waals surface area (Å²) in [5.74, 6) is -1.07. The van der Waals surface area contributed by atoms with E-state index in [9.17, 15) is 28.1 Å². The third-order valence-electron chi connectivity index (χ3n) is 7.47. The number of benzene rings is 3. The summed E-state index contributed by atoms with van der Waals surface area (Å²) in [6.07, 6.45) is 4.78. The first-order valence-corrected chi connectivity index (χ1v) is 16.0. The highest BCUT2D eigenvalue weighted by molar-refractivity contribution is 7.92. The summed E-state index contributed by atoms with van der Waals surface area (Å²) in [6.45, 7) is 0.719. The van der Waals surface area contributed by atoms with Crippen LogP contribution in [0.25, 0.3) is 0 Å². The maximum absolute atomic E-state index is 14.1. The van der Waals surface area contributed by atoms with Crippen molar-refractivity contribution in [2.24, 2.45) is 0 Å². The number of rotatable bonds is 11. The van der Waals surface area contributed by atoms with Crippen LogP contribution in [0.15, 0.2) is 77.7 Å². The molecule has 1 saturated carbocycles. The highest BCUT2D eigenvalue weighted by Crippen LogP contribution is 2.29. The highest BCUT2D eigenvalue weighted by Gasteiger charge is 2.34. The Morgan fingerprint density at radius 2 is 1.56 bits per heavy atom. The number of carbonyl (C=O) groups excluding carboxylic acids is 2. The molecule has 1 aliphatic rings. The van der Waals surface area contributed by atoms with Gasteiger partial charge >= 0.3 is 0 Å². The predicted octanol–water partition coefficient (Wildman–Crippen LogP) is 5.96. The number of anilines is 1. The summed E-state index contributed by atoms with van der Waals surface area (Å²) in [7, 11) is -4.31. The molecule has 3 aromatic carbocycles. The van der Waals surface area contributed by atoms with Gasteiger partial charge in [0, 0.05) is 40.3 Å². The van der Waals surface area contributed by atoms with Gasteiger partial charge in [0.2, 0.25) is 11.8 Å². The van der Waals surface area contributed by atoms with Gasteiger partial charge in [0.05, 0.1) is 15.5 Å². The lowest BCUT2D eigenvalue weighted by atomic mass is 9.95. The lowest BCUT2D eigenvalue weighted by Gasteiger charge is -2.33. The summed E-state index contributed by atoms with van der Waals surface area (Å²) in [4.78, 5) is 39.3. The van der Waals surface area contributed by atoms with Gasteiger partial charge in [0.25, 0.3) is 15.7 Å². The minimum Gasteiger partial charge on any atom is -0.352 e. The molecule has 43 heavy (non-hydrogen) atoms. The predicted molar refractivity (Wildman–Crippen MR) is 166 cm³/mol. The van der Waals surface area contributed by atoms with Crippen molar-refractivity contribution in [1.29, 1.82) is 0 Å². The Morgan fingerprint density at radius 1 is 0.953 bits per heavy atom. The van der Waals surface area contributed by atoms with Crippen LogP contribution in [0.1, 0.15) is 44.6 Å². The number of nitro benzene ring substituents is 1. The number of nitrogens with one attached hydrogen (secondary N) is 1. The van der Waals surface area contributed by atoms with Crippen molar-refractivity contribution in [2.75, 3.05) is 10.8 Å². The third kappa shape index (κ3) is 7.84. The van der Waals surface area contributed by atoms with Gasteiger partial charge in [-0.2, -0.15) is 0 Å². The summed E-state index contributed by atoms with van der Waals surface area (Å²) in [5.41, 5.74) is 0.206. The summed E-state index contributed by atoms with van der Waals surface area (Å²) in [5, 5.41) is 14.8. The van der Waals surface area contributed by atoms with Crippen molar-refractivity contribution in [1.82, 2.24) is 10.2 Å². The second-order valence-electron chi connectivity index (χ2n) is 10.3. The number of non-ortho nitro benzene ring substituents is 1. The van der Waals surface area contributed by atoms with Gasteiger partial charge in [-0.3, -0.25) is 24.0 Å². The lowest BCUT2D eigenvalue weighted by molar-refractivity contribution is -0.384. The molecular formula is C30H32Cl2N4O6S. The molecule has 0 spiro atoms. The van der Waals surface area contributed by atoms with E-state index in [4.69, 9.17) is 23.2 Å². The largest absolute Gasteiger partial charge is 0.352 e. The van der Waals surface area contributed by atoms with E-state index in [1.807, 2.05) is 0 Å². The smallest absolute Gasteiger partial charge is 0.269 e. The first-order chi connectivity index (χ1) is 20.5. The van der Waals surface area contributed by atoms with Crippen LogP contribution in [0.4, 0.5) is 11.4 Å². The van der Waals surface area contributed by atoms with E-state index in [-0.39, 0.29) is 44.8 Å². The average Bonchev–Trinajstić information content (AvgIpc) is 3.00. The molecule has 228 valence electrons. The molecule has 4 rings (SSSR count). The van der Waals surface area contributed by atoms with E-state index in [1.54, 1.807) is 43.3 Å². The molecule has 0 saturated heterocycles. The molecule has 1 atom stereocenters. The van der Waals surface area contributed by atoms with Gasteiger partial charge in [-0.05, 0) is 56.2 Å². The quantitative estimate of drug-likeness (QED) is 0.202. The van der Waals surface area contributed by atoms with Crippen molar-refractivity contribution in [3.05, 3.63) is 98.5 Å². The van der Waals surface area contributed by atoms with E-state index >= 15 is 0 Å². The number of sulfonamides is 1. The molecule has 10 nitrogen and oxygen atoms in total. The third-order valence-corrected chi connectivity index (χ3v) is 9.96. The molecule has 0 aliphatic heterocycles. The second kappa shape index (κ2) is 14.2. The van der Waals surface area contributed by atoms with Gasteiger partial charge in [-0.15, -0.1) is 0 Å². The molecule has 0 heterocycles. The number of carbonyl (C=O) groups is 2. The Bertz CT molecular complexity index is 1540. The van der Waals surface area contributed by atoms with Gasteiger partial charge in [-0.25, -0.2) is 8.42 Å². The van der Waals surface area contributed by atoms with Crippen LogP contribution in [0.2, 0.25) is 10.0 Å². The second-order valence-corrected chi connectivity index (χ2v) is 13.0. The molecule has 2 amide bonds. The van der Waals surface area contributed by atoms with Crippen LogP contribution in [-0.2, 0) is 26.2 Å². The summed E-state index contributed by atoms with van der Waals surface area (Å²) in [6, 6.07) is 16.2. The van der Waals surface area contributed by atoms with E-state index in [1.165, 1.54) is 29.2 Å². The maximum Gasteiger partial charge on any atom is 0.269 e. The van der Waals surface area contributed by atoms with Crippen molar-refractivity contribution in [3.8, 4) is 0 Å². The lowest BCUT2D eigenvalue weighted by Crippen LogP contribution is -2.53. The van der Waals surface area contributed by atoms with Crippen molar-refractivity contribution >= 4 is 56.4 Å². The number of halogens is 2. The van der Waals surface area contributed by atoms with Crippen LogP contribution in [0.5, 0.6) is 0 Å². The van der Waals surface area contributed by atoms with Gasteiger partial charge in [0.1, 0.15) is 12.6 Å². The minimum absolute atomic E-state index is 0.0142. The van der Waals surface area contributed by atoms with Gasteiger partial charge in [0.15, 0.2) is 0 Å². The Morgan fingerprint density at radius 3 is 2.14 bits per heavy atom. The zero-order valence-corrected chi connectivity index (χ0v) is 25.8. The number of amides is 2. The normalized spacial score (nSPS) is 14.5. The molecule has 3 aromatic rings. The van der Waals surface area contributed by atoms with E-state index in [0.717, 1.165) is 48.5 Å². The van der Waals surface area contributed by atoms with Crippen LogP contribution in [0, 0.1) is 10.1 Å². The van der Waals surface area contributed by atoms with E-state index in [2.05, 4.69) is 5.32 Å². The fourth-order valence-corrected chi connectivity index (χ4v) is 6.95. The number of nitro groups is 1. The molecular weight excluding hydrogens is 615 g/mol. The summed E-state index contributed by atoms with van der Waals surface area (Å²) >= 11 is 12.9. The molecule has 13 heteroatoms. The van der Waals surface area contributed by atoms with Crippen molar-refractivity contribution in [3.63, 3.8) is 0 Å². The zero-order valence-electron chi connectivity index (χ0n) is 23.5.